The highest BCUT2D eigenvalue weighted by Crippen LogP contribution is 2.17. The van der Waals surface area contributed by atoms with Crippen molar-refractivity contribution < 1.29 is 19.4 Å². The summed E-state index contributed by atoms with van der Waals surface area (Å²) < 4.78 is 5.40. The molecule has 1 rings (SSSR count). The van der Waals surface area contributed by atoms with Crippen LogP contribution in [-0.2, 0) is 9.53 Å². The first-order valence-electron chi connectivity index (χ1n) is 6.76. The van der Waals surface area contributed by atoms with Crippen LogP contribution in [0.2, 0.25) is 0 Å². The van der Waals surface area contributed by atoms with Crippen LogP contribution in [0.5, 0.6) is 0 Å². The lowest BCUT2D eigenvalue weighted by molar-refractivity contribution is -0.143. The van der Waals surface area contributed by atoms with Crippen molar-refractivity contribution in [1.82, 2.24) is 9.80 Å². The van der Waals surface area contributed by atoms with Crippen molar-refractivity contribution in [3.8, 4) is 0 Å². The first kappa shape index (κ1) is 15.8. The number of carboxylic acid groups (broad SMARTS) is 1. The molecule has 1 atom stereocenters. The largest absolute Gasteiger partial charge is 0.481 e. The molecule has 0 unspecified atom stereocenters. The van der Waals surface area contributed by atoms with E-state index in [9.17, 15) is 9.59 Å². The summed E-state index contributed by atoms with van der Waals surface area (Å²) in [6.45, 7) is 5.86. The van der Waals surface area contributed by atoms with Gasteiger partial charge in [-0.25, -0.2) is 4.79 Å². The fraction of sp³-hybridized carbons (Fsp3) is 0.846. The van der Waals surface area contributed by atoms with Gasteiger partial charge in [0.15, 0.2) is 0 Å². The summed E-state index contributed by atoms with van der Waals surface area (Å²) in [6.07, 6.45) is 1.55. The number of urea groups is 1. The van der Waals surface area contributed by atoms with E-state index >= 15 is 0 Å². The smallest absolute Gasteiger partial charge is 0.319 e. The van der Waals surface area contributed by atoms with E-state index in [4.69, 9.17) is 9.84 Å². The Labute approximate surface area is 114 Å². The highest BCUT2D eigenvalue weighted by Gasteiger charge is 2.29. The highest BCUT2D eigenvalue weighted by atomic mass is 16.5. The quantitative estimate of drug-likeness (QED) is 0.818. The van der Waals surface area contributed by atoms with E-state index in [-0.39, 0.29) is 12.1 Å². The number of hydrogen-bond acceptors (Lipinski definition) is 3. The van der Waals surface area contributed by atoms with Gasteiger partial charge in [-0.15, -0.1) is 0 Å². The van der Waals surface area contributed by atoms with Gasteiger partial charge in [0.1, 0.15) is 0 Å². The molecule has 19 heavy (non-hydrogen) atoms. The molecule has 0 bridgehead atoms. The first-order chi connectivity index (χ1) is 8.91. The first-order valence-corrected chi connectivity index (χ1v) is 6.76. The maximum atomic E-state index is 12.1. The number of nitrogens with zero attached hydrogens (tertiary/aromatic N) is 2. The predicted molar refractivity (Wildman–Crippen MR) is 71.0 cm³/mol. The molecule has 1 fully saturated rings. The zero-order chi connectivity index (χ0) is 14.4. The van der Waals surface area contributed by atoms with Gasteiger partial charge in [-0.2, -0.15) is 0 Å². The summed E-state index contributed by atoms with van der Waals surface area (Å²) >= 11 is 0. The van der Waals surface area contributed by atoms with E-state index in [2.05, 4.69) is 0 Å². The van der Waals surface area contributed by atoms with Crippen molar-refractivity contribution >= 4 is 12.0 Å². The van der Waals surface area contributed by atoms with E-state index in [0.29, 0.717) is 32.7 Å². The number of piperidine rings is 1. The number of ether oxygens (including phenoxy) is 1. The summed E-state index contributed by atoms with van der Waals surface area (Å²) in [7, 11) is 1.72. The number of likely N-dealkylation sites (N-methyl/N-ethyl adjacent to an activating group) is 1. The molecule has 1 N–H and O–H groups in total. The molecule has 110 valence electrons. The van der Waals surface area contributed by atoms with E-state index in [0.717, 1.165) is 6.42 Å². The maximum absolute atomic E-state index is 12.1. The Kier molecular flexibility index (Phi) is 6.08. The van der Waals surface area contributed by atoms with Crippen molar-refractivity contribution in [1.29, 1.82) is 0 Å². The minimum absolute atomic E-state index is 0.113. The lowest BCUT2D eigenvalue weighted by Crippen LogP contribution is -2.48. The molecular weight excluding hydrogens is 248 g/mol. The summed E-state index contributed by atoms with van der Waals surface area (Å²) in [4.78, 5) is 26.3. The molecule has 1 aliphatic heterocycles. The normalized spacial score (nSPS) is 19.6. The number of carboxylic acids is 1. The Hall–Kier alpha value is -1.30. The SMILES string of the molecule is CC(C)OCCN(C)C(=O)N1CCC[C@@H](C(=O)O)C1. The van der Waals surface area contributed by atoms with Gasteiger partial charge in [0.25, 0.3) is 0 Å². The second-order valence-electron chi connectivity index (χ2n) is 5.25. The fourth-order valence-electron chi connectivity index (χ4n) is 2.11. The van der Waals surface area contributed by atoms with E-state index in [1.165, 1.54) is 0 Å². The fourth-order valence-corrected chi connectivity index (χ4v) is 2.11. The van der Waals surface area contributed by atoms with Gasteiger partial charge in [0.2, 0.25) is 0 Å². The number of amides is 2. The second-order valence-corrected chi connectivity index (χ2v) is 5.25. The van der Waals surface area contributed by atoms with Gasteiger partial charge in [0, 0.05) is 26.7 Å². The topological polar surface area (TPSA) is 70.1 Å². The molecule has 0 aliphatic carbocycles. The minimum Gasteiger partial charge on any atom is -0.481 e. The maximum Gasteiger partial charge on any atom is 0.319 e. The van der Waals surface area contributed by atoms with E-state index in [1.54, 1.807) is 16.8 Å². The van der Waals surface area contributed by atoms with Crippen LogP contribution < -0.4 is 0 Å². The van der Waals surface area contributed by atoms with Gasteiger partial charge in [0.05, 0.1) is 18.6 Å². The van der Waals surface area contributed by atoms with Gasteiger partial charge < -0.3 is 19.6 Å². The van der Waals surface area contributed by atoms with Crippen molar-refractivity contribution in [2.45, 2.75) is 32.8 Å². The summed E-state index contributed by atoms with van der Waals surface area (Å²) in [6, 6.07) is -0.113. The molecule has 6 heteroatoms. The van der Waals surface area contributed by atoms with E-state index in [1.807, 2.05) is 13.8 Å². The zero-order valence-corrected chi connectivity index (χ0v) is 12.0. The zero-order valence-electron chi connectivity index (χ0n) is 12.0. The monoisotopic (exact) mass is 272 g/mol. The number of likely N-dealkylation sites (tertiary alicyclic amines) is 1. The van der Waals surface area contributed by atoms with Crippen molar-refractivity contribution in [2.75, 3.05) is 33.3 Å². The number of carbonyl (C=O) groups is 2. The summed E-state index contributed by atoms with van der Waals surface area (Å²) in [5, 5.41) is 9.01. The molecule has 1 heterocycles. The molecule has 6 nitrogen and oxygen atoms in total. The van der Waals surface area contributed by atoms with Gasteiger partial charge >= 0.3 is 12.0 Å². The number of rotatable bonds is 5. The van der Waals surface area contributed by atoms with Crippen LogP contribution >= 0.6 is 0 Å². The van der Waals surface area contributed by atoms with Crippen LogP contribution in [-0.4, -0.2) is 66.3 Å². The molecule has 0 spiro atoms. The lowest BCUT2D eigenvalue weighted by Gasteiger charge is -2.33. The Morgan fingerprint density at radius 1 is 1.47 bits per heavy atom. The number of aliphatic carboxylic acids is 1. The third kappa shape index (κ3) is 5.06. The summed E-state index contributed by atoms with van der Waals surface area (Å²) in [5.41, 5.74) is 0. The molecule has 1 saturated heterocycles. The average Bonchev–Trinajstić information content (AvgIpc) is 2.37. The van der Waals surface area contributed by atoms with Crippen LogP contribution in [0.1, 0.15) is 26.7 Å². The molecule has 0 aromatic carbocycles. The standard InChI is InChI=1S/C13H24N2O4/c1-10(2)19-8-7-14(3)13(18)15-6-4-5-11(9-15)12(16)17/h10-11H,4-9H2,1-3H3,(H,16,17)/t11-/m1/s1. The second kappa shape index (κ2) is 7.33. The van der Waals surface area contributed by atoms with Crippen LogP contribution in [0.3, 0.4) is 0 Å². The number of carbonyl (C=O) groups excluding carboxylic acids is 1. The van der Waals surface area contributed by atoms with Crippen molar-refractivity contribution in [3.63, 3.8) is 0 Å². The van der Waals surface area contributed by atoms with Crippen LogP contribution in [0, 0.1) is 5.92 Å². The third-order valence-corrected chi connectivity index (χ3v) is 3.25. The lowest BCUT2D eigenvalue weighted by atomic mass is 9.99. The molecule has 1 aliphatic rings. The average molecular weight is 272 g/mol. The predicted octanol–water partition coefficient (Wildman–Crippen LogP) is 1.26. The van der Waals surface area contributed by atoms with Crippen LogP contribution in [0.25, 0.3) is 0 Å². The molecule has 0 saturated carbocycles. The van der Waals surface area contributed by atoms with Crippen molar-refractivity contribution in [3.05, 3.63) is 0 Å². The molecule has 0 aromatic heterocycles. The Balaban J connectivity index is 2.40. The van der Waals surface area contributed by atoms with Gasteiger partial charge in [-0.1, -0.05) is 0 Å². The highest BCUT2D eigenvalue weighted by molar-refractivity contribution is 5.76. The summed E-state index contributed by atoms with van der Waals surface area (Å²) in [5.74, 6) is -1.25. The van der Waals surface area contributed by atoms with E-state index < -0.39 is 11.9 Å². The van der Waals surface area contributed by atoms with Crippen LogP contribution in [0.4, 0.5) is 4.79 Å². The Morgan fingerprint density at radius 3 is 2.74 bits per heavy atom. The Morgan fingerprint density at radius 2 is 2.16 bits per heavy atom. The minimum atomic E-state index is -0.816. The van der Waals surface area contributed by atoms with Crippen molar-refractivity contribution in [2.24, 2.45) is 5.92 Å². The molecular formula is C13H24N2O4. The van der Waals surface area contributed by atoms with Crippen LogP contribution in [0.15, 0.2) is 0 Å². The van der Waals surface area contributed by atoms with Gasteiger partial charge in [-0.05, 0) is 26.7 Å². The Bertz CT molecular complexity index is 320. The molecule has 0 radical (unpaired) electrons. The third-order valence-electron chi connectivity index (χ3n) is 3.25. The molecule has 2 amide bonds. The van der Waals surface area contributed by atoms with Gasteiger partial charge in [-0.3, -0.25) is 4.79 Å². The molecule has 0 aromatic rings. The number of hydrogen-bond donors (Lipinski definition) is 1.